The van der Waals surface area contributed by atoms with E-state index in [1.165, 1.54) is 35.2 Å². The lowest BCUT2D eigenvalue weighted by Crippen LogP contribution is -2.35. The van der Waals surface area contributed by atoms with E-state index in [9.17, 15) is 14.0 Å². The first kappa shape index (κ1) is 22.8. The molecule has 0 bridgehead atoms. The normalized spacial score (nSPS) is 13.9. The molecule has 1 amide bonds. The lowest BCUT2D eigenvalue weighted by Gasteiger charge is -2.30. The fourth-order valence-electron chi connectivity index (χ4n) is 3.35. The Kier molecular flexibility index (Phi) is 7.91. The first-order valence-corrected chi connectivity index (χ1v) is 11.9. The Morgan fingerprint density at radius 3 is 2.70 bits per heavy atom. The predicted octanol–water partition coefficient (Wildman–Crippen LogP) is 4.95. The Bertz CT molecular complexity index is 897. The van der Waals surface area contributed by atoms with Gasteiger partial charge in [-0.3, -0.25) is 9.69 Å². The van der Waals surface area contributed by atoms with E-state index in [4.69, 9.17) is 4.74 Å². The monoisotopic (exact) mass is 450 g/mol. The zero-order chi connectivity index (χ0) is 21.7. The molecule has 1 aliphatic heterocycles. The highest BCUT2D eigenvalue weighted by Gasteiger charge is 2.30. The zero-order valence-electron chi connectivity index (χ0n) is 17.5. The molecule has 8 heteroatoms. The third-order valence-electron chi connectivity index (χ3n) is 4.96. The average molecular weight is 451 g/mol. The van der Waals surface area contributed by atoms with Gasteiger partial charge < -0.3 is 10.1 Å². The van der Waals surface area contributed by atoms with Crippen LogP contribution in [0, 0.1) is 5.82 Å². The van der Waals surface area contributed by atoms with Crippen LogP contribution >= 0.6 is 23.1 Å². The lowest BCUT2D eigenvalue weighted by atomic mass is 10.0. The van der Waals surface area contributed by atoms with Gasteiger partial charge in [0, 0.05) is 41.1 Å². The summed E-state index contributed by atoms with van der Waals surface area (Å²) in [5.74, 6) is -0.224. The molecule has 0 aliphatic carbocycles. The number of ether oxygens (including phenoxy) is 1. The van der Waals surface area contributed by atoms with Crippen LogP contribution in [0.3, 0.4) is 0 Å². The number of thiophene rings is 1. The van der Waals surface area contributed by atoms with Crippen LogP contribution in [0.1, 0.15) is 48.0 Å². The molecule has 2 aromatic rings. The van der Waals surface area contributed by atoms with Gasteiger partial charge in [0.1, 0.15) is 10.8 Å². The van der Waals surface area contributed by atoms with E-state index in [1.807, 2.05) is 0 Å². The minimum Gasteiger partial charge on any atom is -0.462 e. The molecule has 1 N–H and O–H groups in total. The summed E-state index contributed by atoms with van der Waals surface area (Å²) in [7, 11) is 0. The van der Waals surface area contributed by atoms with Crippen molar-refractivity contribution in [2.75, 3.05) is 24.2 Å². The Labute approximate surface area is 185 Å². The van der Waals surface area contributed by atoms with Crippen LogP contribution in [-0.4, -0.2) is 41.7 Å². The van der Waals surface area contributed by atoms with Crippen molar-refractivity contribution in [3.63, 3.8) is 0 Å². The second-order valence-corrected chi connectivity index (χ2v) is 9.62. The summed E-state index contributed by atoms with van der Waals surface area (Å²) in [5.41, 5.74) is 1.52. The number of fused-ring (bicyclic) bond motifs is 1. The van der Waals surface area contributed by atoms with E-state index >= 15 is 0 Å². The number of nitrogens with zero attached hydrogens (tertiary/aromatic N) is 1. The second kappa shape index (κ2) is 10.4. The van der Waals surface area contributed by atoms with Crippen LogP contribution in [0.5, 0.6) is 0 Å². The molecule has 0 saturated carbocycles. The average Bonchev–Trinajstić information content (AvgIpc) is 3.06. The summed E-state index contributed by atoms with van der Waals surface area (Å²) >= 11 is 2.97. The number of benzene rings is 1. The smallest absolute Gasteiger partial charge is 0.341 e. The highest BCUT2D eigenvalue weighted by Crippen LogP contribution is 2.38. The molecule has 0 unspecified atom stereocenters. The summed E-state index contributed by atoms with van der Waals surface area (Å²) < 4.78 is 18.3. The van der Waals surface area contributed by atoms with Crippen molar-refractivity contribution in [1.82, 2.24) is 4.90 Å². The van der Waals surface area contributed by atoms with Gasteiger partial charge in [0.2, 0.25) is 5.91 Å². The van der Waals surface area contributed by atoms with Gasteiger partial charge in [-0.25, -0.2) is 9.18 Å². The van der Waals surface area contributed by atoms with Gasteiger partial charge in [-0.05, 0) is 57.0 Å². The number of hydrogen-bond donors (Lipinski definition) is 1. The standard InChI is InChI=1S/C22H27FN2O3S2/c1-4-28-22(27)20-17-9-11-25(14(2)3)13-18(17)30-21(20)24-19(26)10-12-29-16-7-5-15(23)6-8-16/h5-8,14H,4,9-13H2,1-3H3,(H,24,26). The molecule has 0 spiro atoms. The second-order valence-electron chi connectivity index (χ2n) is 7.34. The SMILES string of the molecule is CCOC(=O)c1c(NC(=O)CCSc2ccc(F)cc2)sc2c1CCN(C(C)C)C2. The number of esters is 1. The quantitative estimate of drug-likeness (QED) is 0.455. The Morgan fingerprint density at radius 2 is 2.03 bits per heavy atom. The molecule has 2 heterocycles. The largest absolute Gasteiger partial charge is 0.462 e. The van der Waals surface area contributed by atoms with Crippen molar-refractivity contribution in [1.29, 1.82) is 0 Å². The summed E-state index contributed by atoms with van der Waals surface area (Å²) in [6, 6.07) is 6.64. The van der Waals surface area contributed by atoms with Gasteiger partial charge in [0.25, 0.3) is 0 Å². The minimum absolute atomic E-state index is 0.144. The molecule has 162 valence electrons. The third kappa shape index (κ3) is 5.62. The van der Waals surface area contributed by atoms with Crippen LogP contribution < -0.4 is 5.32 Å². The molecular weight excluding hydrogens is 423 g/mol. The number of amides is 1. The summed E-state index contributed by atoms with van der Waals surface area (Å²) in [5, 5.41) is 3.52. The van der Waals surface area contributed by atoms with Gasteiger partial charge in [-0.15, -0.1) is 23.1 Å². The maximum absolute atomic E-state index is 13.0. The van der Waals surface area contributed by atoms with Gasteiger partial charge in [0.05, 0.1) is 12.2 Å². The van der Waals surface area contributed by atoms with E-state index in [-0.39, 0.29) is 17.7 Å². The molecular formula is C22H27FN2O3S2. The molecule has 1 aliphatic rings. The highest BCUT2D eigenvalue weighted by molar-refractivity contribution is 7.99. The van der Waals surface area contributed by atoms with Crippen molar-refractivity contribution in [2.45, 2.75) is 51.1 Å². The maximum atomic E-state index is 13.0. The fraction of sp³-hybridized carbons (Fsp3) is 0.455. The lowest BCUT2D eigenvalue weighted by molar-refractivity contribution is -0.115. The number of carbonyl (C=O) groups excluding carboxylic acids is 2. The molecule has 0 atom stereocenters. The van der Waals surface area contributed by atoms with Crippen molar-refractivity contribution >= 4 is 40.0 Å². The molecule has 30 heavy (non-hydrogen) atoms. The molecule has 5 nitrogen and oxygen atoms in total. The van der Waals surface area contributed by atoms with E-state index in [1.54, 1.807) is 19.1 Å². The number of rotatable bonds is 8. The van der Waals surface area contributed by atoms with E-state index in [0.29, 0.717) is 35.4 Å². The maximum Gasteiger partial charge on any atom is 0.341 e. The van der Waals surface area contributed by atoms with Crippen LogP contribution in [-0.2, 0) is 22.5 Å². The number of anilines is 1. The number of halogens is 1. The Balaban J connectivity index is 1.68. The van der Waals surface area contributed by atoms with Crippen LogP contribution in [0.2, 0.25) is 0 Å². The van der Waals surface area contributed by atoms with Gasteiger partial charge >= 0.3 is 5.97 Å². The van der Waals surface area contributed by atoms with Crippen molar-refractivity contribution in [3.05, 3.63) is 46.1 Å². The number of nitrogens with one attached hydrogen (secondary N) is 1. The topological polar surface area (TPSA) is 58.6 Å². The van der Waals surface area contributed by atoms with Crippen molar-refractivity contribution < 1.29 is 18.7 Å². The minimum atomic E-state index is -0.371. The number of hydrogen-bond acceptors (Lipinski definition) is 6. The highest BCUT2D eigenvalue weighted by atomic mass is 32.2. The first-order valence-electron chi connectivity index (χ1n) is 10.1. The van der Waals surface area contributed by atoms with E-state index < -0.39 is 0 Å². The molecule has 0 fully saturated rings. The number of thioether (sulfide) groups is 1. The van der Waals surface area contributed by atoms with Crippen LogP contribution in [0.4, 0.5) is 9.39 Å². The number of carbonyl (C=O) groups is 2. The van der Waals surface area contributed by atoms with Crippen LogP contribution in [0.15, 0.2) is 29.2 Å². The third-order valence-corrected chi connectivity index (χ3v) is 7.11. The zero-order valence-corrected chi connectivity index (χ0v) is 19.1. The van der Waals surface area contributed by atoms with Crippen molar-refractivity contribution in [2.24, 2.45) is 0 Å². The van der Waals surface area contributed by atoms with Crippen molar-refractivity contribution in [3.8, 4) is 0 Å². The Hall–Kier alpha value is -1.90. The molecule has 3 rings (SSSR count). The summed E-state index contributed by atoms with van der Waals surface area (Å²) in [4.78, 5) is 29.5. The first-order chi connectivity index (χ1) is 14.4. The van der Waals surface area contributed by atoms with Gasteiger partial charge in [-0.2, -0.15) is 0 Å². The molecule has 1 aromatic heterocycles. The van der Waals surface area contributed by atoms with E-state index in [2.05, 4.69) is 24.1 Å². The summed E-state index contributed by atoms with van der Waals surface area (Å²) in [6.07, 6.45) is 1.07. The fourth-order valence-corrected chi connectivity index (χ4v) is 5.48. The molecule has 1 aromatic carbocycles. The Morgan fingerprint density at radius 1 is 1.30 bits per heavy atom. The summed E-state index contributed by atoms with van der Waals surface area (Å²) in [6.45, 7) is 8.06. The van der Waals surface area contributed by atoms with Gasteiger partial charge in [0.15, 0.2) is 0 Å². The molecule has 0 radical (unpaired) electrons. The van der Waals surface area contributed by atoms with E-state index in [0.717, 1.165) is 34.8 Å². The van der Waals surface area contributed by atoms with Crippen LogP contribution in [0.25, 0.3) is 0 Å². The van der Waals surface area contributed by atoms with Gasteiger partial charge in [-0.1, -0.05) is 0 Å². The molecule has 0 saturated heterocycles. The predicted molar refractivity (Wildman–Crippen MR) is 120 cm³/mol.